The van der Waals surface area contributed by atoms with Crippen LogP contribution in [-0.2, 0) is 6.42 Å². The molecule has 0 N–H and O–H groups in total. The molecule has 1 aliphatic rings. The zero-order valence-electron chi connectivity index (χ0n) is 10.2. The van der Waals surface area contributed by atoms with Crippen molar-refractivity contribution in [2.45, 2.75) is 25.4 Å². The van der Waals surface area contributed by atoms with Crippen molar-refractivity contribution in [3.05, 3.63) is 53.6 Å². The SMILES string of the molecule is COc1ccc(CC2=CCC(C)(F)C=C2)cc1. The van der Waals surface area contributed by atoms with Crippen LogP contribution in [0.5, 0.6) is 5.75 Å². The fourth-order valence-electron chi connectivity index (χ4n) is 1.86. The molecular weight excluding hydrogens is 215 g/mol. The zero-order chi connectivity index (χ0) is 12.3. The topological polar surface area (TPSA) is 9.23 Å². The van der Waals surface area contributed by atoms with E-state index in [-0.39, 0.29) is 0 Å². The van der Waals surface area contributed by atoms with Crippen molar-refractivity contribution in [2.75, 3.05) is 7.11 Å². The summed E-state index contributed by atoms with van der Waals surface area (Å²) in [5.41, 5.74) is 1.21. The smallest absolute Gasteiger partial charge is 0.130 e. The summed E-state index contributed by atoms with van der Waals surface area (Å²) in [6.07, 6.45) is 6.81. The van der Waals surface area contributed by atoms with Crippen molar-refractivity contribution in [3.8, 4) is 5.75 Å². The number of ether oxygens (including phenoxy) is 1. The van der Waals surface area contributed by atoms with Gasteiger partial charge in [-0.05, 0) is 42.7 Å². The first-order valence-corrected chi connectivity index (χ1v) is 5.79. The van der Waals surface area contributed by atoms with Crippen LogP contribution in [0.1, 0.15) is 18.9 Å². The van der Waals surface area contributed by atoms with E-state index >= 15 is 0 Å². The van der Waals surface area contributed by atoms with Crippen molar-refractivity contribution in [1.82, 2.24) is 0 Å². The maximum atomic E-state index is 13.5. The van der Waals surface area contributed by atoms with Gasteiger partial charge in [-0.25, -0.2) is 4.39 Å². The fraction of sp³-hybridized carbons (Fsp3) is 0.333. The quantitative estimate of drug-likeness (QED) is 0.769. The Labute approximate surface area is 102 Å². The van der Waals surface area contributed by atoms with Gasteiger partial charge >= 0.3 is 0 Å². The summed E-state index contributed by atoms with van der Waals surface area (Å²) >= 11 is 0. The predicted octanol–water partition coefficient (Wildman–Crippen LogP) is 3.85. The first-order valence-electron chi connectivity index (χ1n) is 5.79. The Morgan fingerprint density at radius 2 is 2.00 bits per heavy atom. The van der Waals surface area contributed by atoms with Crippen molar-refractivity contribution in [2.24, 2.45) is 0 Å². The maximum absolute atomic E-state index is 13.5. The highest BCUT2D eigenvalue weighted by Crippen LogP contribution is 2.26. The summed E-state index contributed by atoms with van der Waals surface area (Å²) < 4.78 is 18.6. The molecule has 0 bridgehead atoms. The number of methoxy groups -OCH3 is 1. The van der Waals surface area contributed by atoms with E-state index in [9.17, 15) is 4.39 Å². The highest BCUT2D eigenvalue weighted by molar-refractivity contribution is 5.35. The normalized spacial score (nSPS) is 23.4. The third-order valence-electron chi connectivity index (χ3n) is 2.98. The number of benzene rings is 1. The molecule has 0 aromatic heterocycles. The van der Waals surface area contributed by atoms with Crippen LogP contribution in [-0.4, -0.2) is 12.8 Å². The van der Waals surface area contributed by atoms with E-state index < -0.39 is 5.67 Å². The van der Waals surface area contributed by atoms with Gasteiger partial charge in [-0.2, -0.15) is 0 Å². The number of rotatable bonds is 3. The molecule has 0 saturated heterocycles. The third kappa shape index (κ3) is 3.19. The van der Waals surface area contributed by atoms with E-state index in [4.69, 9.17) is 4.74 Å². The molecule has 2 rings (SSSR count). The molecule has 0 heterocycles. The molecule has 90 valence electrons. The van der Waals surface area contributed by atoms with Crippen LogP contribution >= 0.6 is 0 Å². The Morgan fingerprint density at radius 1 is 1.29 bits per heavy atom. The molecule has 0 amide bonds. The molecule has 1 aliphatic carbocycles. The molecule has 0 spiro atoms. The minimum absolute atomic E-state index is 0.467. The van der Waals surface area contributed by atoms with Crippen LogP contribution in [0.15, 0.2) is 48.1 Å². The highest BCUT2D eigenvalue weighted by atomic mass is 19.1. The van der Waals surface area contributed by atoms with Crippen LogP contribution < -0.4 is 4.74 Å². The molecule has 2 heteroatoms. The average molecular weight is 232 g/mol. The summed E-state index contributed by atoms with van der Waals surface area (Å²) in [5, 5.41) is 0. The van der Waals surface area contributed by atoms with Crippen molar-refractivity contribution >= 4 is 0 Å². The van der Waals surface area contributed by atoms with Gasteiger partial charge in [0.2, 0.25) is 0 Å². The third-order valence-corrected chi connectivity index (χ3v) is 2.98. The average Bonchev–Trinajstić information content (AvgIpc) is 2.33. The number of hydrogen-bond acceptors (Lipinski definition) is 1. The minimum atomic E-state index is -1.18. The summed E-state index contributed by atoms with van der Waals surface area (Å²) in [7, 11) is 1.66. The van der Waals surface area contributed by atoms with E-state index in [1.165, 1.54) is 11.1 Å². The van der Waals surface area contributed by atoms with Gasteiger partial charge in [-0.3, -0.25) is 0 Å². The van der Waals surface area contributed by atoms with Crippen molar-refractivity contribution in [1.29, 1.82) is 0 Å². The molecule has 1 nitrogen and oxygen atoms in total. The molecular formula is C15H17FO. The fourth-order valence-corrected chi connectivity index (χ4v) is 1.86. The Kier molecular flexibility index (Phi) is 3.32. The second-order valence-electron chi connectivity index (χ2n) is 4.62. The molecule has 0 fully saturated rings. The molecule has 0 radical (unpaired) electrons. The zero-order valence-corrected chi connectivity index (χ0v) is 10.2. The summed E-state index contributed by atoms with van der Waals surface area (Å²) in [6, 6.07) is 7.97. The number of alkyl halides is 1. The largest absolute Gasteiger partial charge is 0.497 e. The van der Waals surface area contributed by atoms with Gasteiger partial charge in [0.25, 0.3) is 0 Å². The van der Waals surface area contributed by atoms with E-state index in [0.29, 0.717) is 6.42 Å². The standard InChI is InChI=1S/C15H17FO/c1-15(16)9-7-13(8-10-15)11-12-3-5-14(17-2)6-4-12/h3-9H,10-11H2,1-2H3. The molecule has 17 heavy (non-hydrogen) atoms. The van der Waals surface area contributed by atoms with Gasteiger partial charge in [0, 0.05) is 6.42 Å². The molecule has 0 aliphatic heterocycles. The molecule has 1 unspecified atom stereocenters. The van der Waals surface area contributed by atoms with Crippen molar-refractivity contribution in [3.63, 3.8) is 0 Å². The summed E-state index contributed by atoms with van der Waals surface area (Å²) in [4.78, 5) is 0. The Bertz CT molecular complexity index is 440. The lowest BCUT2D eigenvalue weighted by Gasteiger charge is -2.18. The van der Waals surface area contributed by atoms with Crippen molar-refractivity contribution < 1.29 is 9.13 Å². The first kappa shape index (κ1) is 11.9. The van der Waals surface area contributed by atoms with Crippen LogP contribution in [0.4, 0.5) is 4.39 Å². The predicted molar refractivity (Wildman–Crippen MR) is 68.1 cm³/mol. The number of allylic oxidation sites excluding steroid dienone is 4. The maximum Gasteiger partial charge on any atom is 0.130 e. The summed E-state index contributed by atoms with van der Waals surface area (Å²) in [6.45, 7) is 1.60. The van der Waals surface area contributed by atoms with E-state index in [1.807, 2.05) is 36.4 Å². The second kappa shape index (κ2) is 4.74. The van der Waals surface area contributed by atoms with E-state index in [2.05, 4.69) is 0 Å². The molecule has 1 atom stereocenters. The Balaban J connectivity index is 2.02. The molecule has 0 saturated carbocycles. The lowest BCUT2D eigenvalue weighted by atomic mass is 9.92. The van der Waals surface area contributed by atoms with Gasteiger partial charge in [0.1, 0.15) is 11.4 Å². The molecule has 1 aromatic rings. The Morgan fingerprint density at radius 3 is 2.53 bits per heavy atom. The second-order valence-corrected chi connectivity index (χ2v) is 4.62. The van der Waals surface area contributed by atoms with Crippen LogP contribution in [0, 0.1) is 0 Å². The number of halogens is 1. The minimum Gasteiger partial charge on any atom is -0.497 e. The monoisotopic (exact) mass is 232 g/mol. The number of hydrogen-bond donors (Lipinski definition) is 0. The van der Waals surface area contributed by atoms with E-state index in [0.717, 1.165) is 12.2 Å². The summed E-state index contributed by atoms with van der Waals surface area (Å²) in [5.74, 6) is 0.859. The lowest BCUT2D eigenvalue weighted by molar-refractivity contribution is 0.258. The Hall–Kier alpha value is -1.57. The van der Waals surface area contributed by atoms with Gasteiger partial charge in [0.05, 0.1) is 7.11 Å². The molecule has 1 aromatic carbocycles. The first-order chi connectivity index (χ1) is 8.09. The lowest BCUT2D eigenvalue weighted by Crippen LogP contribution is -2.15. The van der Waals surface area contributed by atoms with Crippen LogP contribution in [0.2, 0.25) is 0 Å². The van der Waals surface area contributed by atoms with Crippen LogP contribution in [0.25, 0.3) is 0 Å². The van der Waals surface area contributed by atoms with Gasteiger partial charge < -0.3 is 4.74 Å². The van der Waals surface area contributed by atoms with E-state index in [1.54, 1.807) is 20.1 Å². The van der Waals surface area contributed by atoms with Crippen LogP contribution in [0.3, 0.4) is 0 Å². The van der Waals surface area contributed by atoms with Gasteiger partial charge in [0.15, 0.2) is 0 Å². The van der Waals surface area contributed by atoms with Gasteiger partial charge in [-0.1, -0.05) is 24.3 Å². The van der Waals surface area contributed by atoms with Gasteiger partial charge in [-0.15, -0.1) is 0 Å². The highest BCUT2D eigenvalue weighted by Gasteiger charge is 2.20.